The number of anilines is 1. The van der Waals surface area contributed by atoms with Crippen LogP contribution < -0.4 is 10.6 Å². The van der Waals surface area contributed by atoms with E-state index in [9.17, 15) is 14.4 Å². The fraction of sp³-hybridized carbons (Fsp3) is 0.227. The Kier molecular flexibility index (Phi) is 5.03. The third-order valence-electron chi connectivity index (χ3n) is 5.17. The highest BCUT2D eigenvalue weighted by molar-refractivity contribution is 6.08. The van der Waals surface area contributed by atoms with Gasteiger partial charge in [0, 0.05) is 30.7 Å². The lowest BCUT2D eigenvalue weighted by molar-refractivity contribution is -0.129. The van der Waals surface area contributed by atoms with Gasteiger partial charge in [-0.2, -0.15) is 0 Å². The van der Waals surface area contributed by atoms with Crippen LogP contribution in [0, 0.1) is 0 Å². The second-order valence-corrected chi connectivity index (χ2v) is 7.14. The lowest BCUT2D eigenvalue weighted by Crippen LogP contribution is -2.34. The second-order valence-electron chi connectivity index (χ2n) is 7.14. The van der Waals surface area contributed by atoms with E-state index in [1.807, 2.05) is 72.4 Å². The first-order chi connectivity index (χ1) is 14.0. The Labute approximate surface area is 168 Å². The number of nitrogens with zero attached hydrogens (tertiary/aromatic N) is 2. The molecular formula is C22H22N4O3. The smallest absolute Gasteiger partial charge is 0.324 e. The molecule has 7 heteroatoms. The third-order valence-corrected chi connectivity index (χ3v) is 5.17. The number of nitrogens with one attached hydrogen (secondary N) is 2. The maximum atomic E-state index is 12.6. The van der Waals surface area contributed by atoms with Gasteiger partial charge >= 0.3 is 6.03 Å². The average molecular weight is 390 g/mol. The van der Waals surface area contributed by atoms with Gasteiger partial charge in [-0.25, -0.2) is 4.79 Å². The van der Waals surface area contributed by atoms with Crippen molar-refractivity contribution in [1.82, 2.24) is 14.8 Å². The molecule has 148 valence electrons. The van der Waals surface area contributed by atoms with Gasteiger partial charge in [-0.05, 0) is 30.2 Å². The quantitative estimate of drug-likeness (QED) is 0.635. The van der Waals surface area contributed by atoms with Crippen molar-refractivity contribution < 1.29 is 14.4 Å². The van der Waals surface area contributed by atoms with Crippen LogP contribution in [0.2, 0.25) is 0 Å². The van der Waals surface area contributed by atoms with Crippen molar-refractivity contribution in [3.05, 3.63) is 66.4 Å². The standard InChI is InChI=1S/C22H22N4O3/c1-25-12-11-16-17(8-5-9-19(16)25)23-20(27)14-18-21(28)26(22(29)24-18)13-10-15-6-3-2-4-7-15/h2-9,11-12,18H,10,13-14H2,1H3,(H,23,27)(H,24,29)/t18-/m0/s1. The van der Waals surface area contributed by atoms with Gasteiger partial charge in [0.25, 0.3) is 5.91 Å². The minimum absolute atomic E-state index is 0.102. The van der Waals surface area contributed by atoms with E-state index >= 15 is 0 Å². The molecule has 1 fully saturated rings. The molecule has 1 aliphatic rings. The van der Waals surface area contributed by atoms with Crippen LogP contribution in [0.15, 0.2) is 60.8 Å². The van der Waals surface area contributed by atoms with E-state index in [4.69, 9.17) is 0 Å². The summed E-state index contributed by atoms with van der Waals surface area (Å²) in [5, 5.41) is 6.40. The minimum Gasteiger partial charge on any atom is -0.350 e. The lowest BCUT2D eigenvalue weighted by Gasteiger charge is -2.13. The SMILES string of the molecule is Cn1ccc2c(NC(=O)C[C@@H]3NC(=O)N(CCc4ccccc4)C3=O)cccc21. The number of carbonyl (C=O) groups excluding carboxylic acids is 3. The molecule has 29 heavy (non-hydrogen) atoms. The van der Waals surface area contributed by atoms with Crippen LogP contribution in [0.5, 0.6) is 0 Å². The number of hydrogen-bond donors (Lipinski definition) is 2. The lowest BCUT2D eigenvalue weighted by atomic mass is 10.1. The van der Waals surface area contributed by atoms with Gasteiger partial charge in [-0.15, -0.1) is 0 Å². The summed E-state index contributed by atoms with van der Waals surface area (Å²) < 4.78 is 1.97. The number of rotatable bonds is 6. The molecule has 2 N–H and O–H groups in total. The van der Waals surface area contributed by atoms with E-state index in [-0.39, 0.29) is 24.8 Å². The van der Waals surface area contributed by atoms with Gasteiger partial charge in [-0.1, -0.05) is 36.4 Å². The molecule has 1 atom stereocenters. The van der Waals surface area contributed by atoms with Crippen molar-refractivity contribution in [3.63, 3.8) is 0 Å². The van der Waals surface area contributed by atoms with Crippen LogP contribution in [-0.2, 0) is 23.1 Å². The number of fused-ring (bicyclic) bond motifs is 1. The zero-order valence-electron chi connectivity index (χ0n) is 16.1. The van der Waals surface area contributed by atoms with Crippen LogP contribution >= 0.6 is 0 Å². The Morgan fingerprint density at radius 2 is 1.86 bits per heavy atom. The number of imide groups is 1. The number of carbonyl (C=O) groups is 3. The Balaban J connectivity index is 1.38. The highest BCUT2D eigenvalue weighted by Gasteiger charge is 2.38. The molecule has 2 aromatic carbocycles. The molecule has 1 aliphatic heterocycles. The topological polar surface area (TPSA) is 83.4 Å². The summed E-state index contributed by atoms with van der Waals surface area (Å²) in [6.45, 7) is 0.288. The summed E-state index contributed by atoms with van der Waals surface area (Å²) in [5.74, 6) is -0.677. The summed E-state index contributed by atoms with van der Waals surface area (Å²) in [4.78, 5) is 38.5. The summed E-state index contributed by atoms with van der Waals surface area (Å²) >= 11 is 0. The maximum absolute atomic E-state index is 12.6. The van der Waals surface area contributed by atoms with E-state index in [0.717, 1.165) is 16.5 Å². The average Bonchev–Trinajstić information content (AvgIpc) is 3.22. The molecule has 3 aromatic rings. The number of aromatic nitrogens is 1. The van der Waals surface area contributed by atoms with Crippen molar-refractivity contribution in [2.45, 2.75) is 18.9 Å². The maximum Gasteiger partial charge on any atom is 0.324 e. The molecule has 4 amide bonds. The zero-order chi connectivity index (χ0) is 20.4. The summed E-state index contributed by atoms with van der Waals surface area (Å²) in [6.07, 6.45) is 2.40. The molecule has 1 aromatic heterocycles. The first kappa shape index (κ1) is 18.7. The summed E-state index contributed by atoms with van der Waals surface area (Å²) in [5.41, 5.74) is 2.73. The highest BCUT2D eigenvalue weighted by Crippen LogP contribution is 2.24. The first-order valence-electron chi connectivity index (χ1n) is 9.52. The number of amides is 4. The summed E-state index contributed by atoms with van der Waals surface area (Å²) in [6, 6.07) is 16.0. The van der Waals surface area contributed by atoms with Crippen molar-refractivity contribution in [1.29, 1.82) is 0 Å². The van der Waals surface area contributed by atoms with Crippen LogP contribution in [-0.4, -0.2) is 39.9 Å². The molecule has 2 heterocycles. The Bertz CT molecular complexity index is 1070. The van der Waals surface area contributed by atoms with Gasteiger partial charge in [0.2, 0.25) is 5.91 Å². The van der Waals surface area contributed by atoms with Crippen molar-refractivity contribution in [2.24, 2.45) is 7.05 Å². The fourth-order valence-electron chi connectivity index (χ4n) is 3.61. The predicted molar refractivity (Wildman–Crippen MR) is 110 cm³/mol. The third kappa shape index (κ3) is 3.85. The summed E-state index contributed by atoms with van der Waals surface area (Å²) in [7, 11) is 1.94. The molecular weight excluding hydrogens is 368 g/mol. The predicted octanol–water partition coefficient (Wildman–Crippen LogP) is 2.67. The van der Waals surface area contributed by atoms with Gasteiger partial charge < -0.3 is 15.2 Å². The fourth-order valence-corrected chi connectivity index (χ4v) is 3.61. The van der Waals surface area contributed by atoms with E-state index < -0.39 is 12.1 Å². The molecule has 4 rings (SSSR count). The number of hydrogen-bond acceptors (Lipinski definition) is 3. The van der Waals surface area contributed by atoms with Gasteiger partial charge in [-0.3, -0.25) is 14.5 Å². The van der Waals surface area contributed by atoms with Crippen molar-refractivity contribution in [2.75, 3.05) is 11.9 Å². The van der Waals surface area contributed by atoms with Gasteiger partial charge in [0.1, 0.15) is 6.04 Å². The monoisotopic (exact) mass is 390 g/mol. The Morgan fingerprint density at radius 3 is 2.66 bits per heavy atom. The minimum atomic E-state index is -0.840. The first-order valence-corrected chi connectivity index (χ1v) is 9.52. The van der Waals surface area contributed by atoms with Gasteiger partial charge in [0.15, 0.2) is 0 Å². The molecule has 0 unspecified atom stereocenters. The largest absolute Gasteiger partial charge is 0.350 e. The van der Waals surface area contributed by atoms with Crippen LogP contribution in [0.1, 0.15) is 12.0 Å². The Morgan fingerprint density at radius 1 is 1.07 bits per heavy atom. The molecule has 0 spiro atoms. The second kappa shape index (κ2) is 7.79. The molecule has 0 bridgehead atoms. The normalized spacial score (nSPS) is 16.3. The number of benzene rings is 2. The molecule has 1 saturated heterocycles. The zero-order valence-corrected chi connectivity index (χ0v) is 16.1. The van der Waals surface area contributed by atoms with E-state index in [0.29, 0.717) is 12.1 Å². The van der Waals surface area contributed by atoms with Crippen LogP contribution in [0.3, 0.4) is 0 Å². The molecule has 0 radical (unpaired) electrons. The van der Waals surface area contributed by atoms with Crippen molar-refractivity contribution >= 4 is 34.4 Å². The van der Waals surface area contributed by atoms with E-state index in [1.165, 1.54) is 4.90 Å². The molecule has 7 nitrogen and oxygen atoms in total. The van der Waals surface area contributed by atoms with Crippen LogP contribution in [0.25, 0.3) is 10.9 Å². The molecule has 0 saturated carbocycles. The number of aryl methyl sites for hydroxylation is 1. The molecule has 0 aliphatic carbocycles. The van der Waals surface area contributed by atoms with Crippen LogP contribution in [0.4, 0.5) is 10.5 Å². The highest BCUT2D eigenvalue weighted by atomic mass is 16.2. The van der Waals surface area contributed by atoms with E-state index in [1.54, 1.807) is 0 Å². The number of urea groups is 1. The van der Waals surface area contributed by atoms with Crippen molar-refractivity contribution in [3.8, 4) is 0 Å². The van der Waals surface area contributed by atoms with Gasteiger partial charge in [0.05, 0.1) is 12.1 Å². The Hall–Kier alpha value is -3.61. The van der Waals surface area contributed by atoms with E-state index in [2.05, 4.69) is 10.6 Å².